The summed E-state index contributed by atoms with van der Waals surface area (Å²) in [5.41, 5.74) is -1.35. The average molecular weight is 610 g/mol. The van der Waals surface area contributed by atoms with Crippen LogP contribution >= 0.6 is 0 Å². The summed E-state index contributed by atoms with van der Waals surface area (Å²) in [6.45, 7) is 3.87. The monoisotopic (exact) mass is 609 g/mol. The number of fused-ring (bicyclic) bond motifs is 7. The molecule has 3 saturated carbocycles. The normalized spacial score (nSPS) is 42.8. The van der Waals surface area contributed by atoms with Gasteiger partial charge in [-0.05, 0) is 56.3 Å². The van der Waals surface area contributed by atoms with Crippen LogP contribution in [0.25, 0.3) is 0 Å². The Hall–Kier alpha value is -2.58. The molecule has 0 spiro atoms. The average Bonchev–Trinajstić information content (AvgIpc) is 3.44. The highest BCUT2D eigenvalue weighted by atomic mass is 19.1. The number of rotatable bonds is 10. The lowest BCUT2D eigenvalue weighted by atomic mass is 9.44. The topological polar surface area (TPSA) is 166 Å². The van der Waals surface area contributed by atoms with Crippen molar-refractivity contribution in [3.8, 4) is 0 Å². The van der Waals surface area contributed by atoms with E-state index in [9.17, 15) is 24.3 Å². The van der Waals surface area contributed by atoms with Crippen LogP contribution < -0.4 is 16.4 Å². The SMILES string of the molecule is CCCC1O[C@@H]2C[C@H]3[C@@H]4C[C@H](F)C5=CC(=O)C=C[C@]5(C)[C@@]4(F)[C@@H](O)C[C@]3(C)[C@]2(C(=O)COCNC(=O)CNC(=O)CN)O1. The molecule has 4 aliphatic carbocycles. The lowest BCUT2D eigenvalue weighted by Gasteiger charge is -2.63. The summed E-state index contributed by atoms with van der Waals surface area (Å²) < 4.78 is 51.5. The number of aliphatic hydroxyl groups excluding tert-OH is 1. The maximum atomic E-state index is 17.5. The van der Waals surface area contributed by atoms with Crippen LogP contribution in [-0.4, -0.2) is 90.9 Å². The Labute approximate surface area is 248 Å². The van der Waals surface area contributed by atoms with E-state index in [-0.39, 0.29) is 44.7 Å². The minimum atomic E-state index is -2.30. The summed E-state index contributed by atoms with van der Waals surface area (Å²) in [5.74, 6) is -3.54. The third-order valence-electron chi connectivity index (χ3n) is 10.6. The smallest absolute Gasteiger partial charge is 0.241 e. The van der Waals surface area contributed by atoms with E-state index in [0.29, 0.717) is 12.8 Å². The number of aliphatic hydroxyl groups is 1. The fraction of sp³-hybridized carbons (Fsp3) is 0.733. The summed E-state index contributed by atoms with van der Waals surface area (Å²) in [6.07, 6.45) is 0.0780. The van der Waals surface area contributed by atoms with E-state index in [1.165, 1.54) is 19.1 Å². The van der Waals surface area contributed by atoms with Crippen LogP contribution in [0.5, 0.6) is 0 Å². The van der Waals surface area contributed by atoms with E-state index >= 15 is 8.78 Å². The Morgan fingerprint density at radius 2 is 1.93 bits per heavy atom. The quantitative estimate of drug-likeness (QED) is 0.208. The number of Topliss-reactive ketones (excluding diaryl/α,β-unsaturated/α-hetero) is 1. The van der Waals surface area contributed by atoms with E-state index < -0.39 is 88.6 Å². The molecule has 1 unspecified atom stereocenters. The van der Waals surface area contributed by atoms with Crippen LogP contribution in [0.15, 0.2) is 23.8 Å². The predicted octanol–water partition coefficient (Wildman–Crippen LogP) is 0.930. The number of carbonyl (C=O) groups excluding carboxylic acids is 4. The number of ketones is 2. The molecule has 0 radical (unpaired) electrons. The Bertz CT molecular complexity index is 1250. The second-order valence-corrected chi connectivity index (χ2v) is 12.8. The van der Waals surface area contributed by atoms with Crippen molar-refractivity contribution in [2.45, 2.75) is 88.8 Å². The van der Waals surface area contributed by atoms with Crippen molar-refractivity contribution in [3.05, 3.63) is 23.8 Å². The lowest BCUT2D eigenvalue weighted by Crippen LogP contribution is -2.71. The van der Waals surface area contributed by atoms with Gasteiger partial charge >= 0.3 is 0 Å². The number of hydrogen-bond acceptors (Lipinski definition) is 9. The molecule has 0 aromatic rings. The van der Waals surface area contributed by atoms with Gasteiger partial charge in [-0.3, -0.25) is 19.2 Å². The van der Waals surface area contributed by atoms with Crippen molar-refractivity contribution in [2.24, 2.45) is 28.4 Å². The van der Waals surface area contributed by atoms with Gasteiger partial charge in [0.05, 0.1) is 25.3 Å². The first-order chi connectivity index (χ1) is 20.3. The molecule has 1 saturated heterocycles. The minimum Gasteiger partial charge on any atom is -0.390 e. The van der Waals surface area contributed by atoms with Gasteiger partial charge in [-0.2, -0.15) is 0 Å². The Kier molecular flexibility index (Phi) is 8.44. The van der Waals surface area contributed by atoms with Gasteiger partial charge in [-0.15, -0.1) is 0 Å². The van der Waals surface area contributed by atoms with Crippen molar-refractivity contribution < 1.29 is 47.3 Å². The van der Waals surface area contributed by atoms with Crippen LogP contribution in [-0.2, 0) is 33.4 Å². The minimum absolute atomic E-state index is 0.0268. The third-order valence-corrected chi connectivity index (χ3v) is 10.6. The van der Waals surface area contributed by atoms with Crippen LogP contribution in [0.4, 0.5) is 8.78 Å². The molecule has 11 nitrogen and oxygen atoms in total. The molecule has 1 heterocycles. The van der Waals surface area contributed by atoms with Gasteiger partial charge in [0.25, 0.3) is 0 Å². The second kappa shape index (κ2) is 11.4. The Morgan fingerprint density at radius 1 is 1.19 bits per heavy atom. The molecular formula is C30H41F2N3O8. The highest BCUT2D eigenvalue weighted by Crippen LogP contribution is 2.72. The number of ether oxygens (including phenoxy) is 3. The van der Waals surface area contributed by atoms with Gasteiger partial charge in [-0.1, -0.05) is 26.3 Å². The van der Waals surface area contributed by atoms with Gasteiger partial charge in [0.2, 0.25) is 11.8 Å². The Balaban J connectivity index is 1.40. The molecule has 5 N–H and O–H groups in total. The zero-order valence-corrected chi connectivity index (χ0v) is 24.7. The fourth-order valence-corrected chi connectivity index (χ4v) is 8.58. The van der Waals surface area contributed by atoms with Crippen LogP contribution in [0, 0.1) is 22.7 Å². The number of nitrogens with one attached hydrogen (secondary N) is 2. The fourth-order valence-electron chi connectivity index (χ4n) is 8.58. The molecule has 2 amide bonds. The predicted molar refractivity (Wildman–Crippen MR) is 147 cm³/mol. The van der Waals surface area contributed by atoms with E-state index in [1.54, 1.807) is 6.92 Å². The molecular weight excluding hydrogens is 568 g/mol. The highest BCUT2D eigenvalue weighted by Gasteiger charge is 2.80. The molecule has 5 aliphatic rings. The molecule has 4 fully saturated rings. The number of alkyl halides is 2. The van der Waals surface area contributed by atoms with Crippen molar-refractivity contribution >= 4 is 23.4 Å². The second-order valence-electron chi connectivity index (χ2n) is 12.8. The van der Waals surface area contributed by atoms with Gasteiger partial charge in [0, 0.05) is 16.7 Å². The molecule has 0 aromatic carbocycles. The molecule has 13 heteroatoms. The Morgan fingerprint density at radius 3 is 2.63 bits per heavy atom. The van der Waals surface area contributed by atoms with Gasteiger partial charge in [-0.25, -0.2) is 8.78 Å². The summed E-state index contributed by atoms with van der Waals surface area (Å²) in [4.78, 5) is 49.4. The molecule has 10 atom stereocenters. The number of hydrogen-bond donors (Lipinski definition) is 4. The first kappa shape index (κ1) is 31.8. The number of allylic oxidation sites excluding steroid dienone is 4. The van der Waals surface area contributed by atoms with Crippen LogP contribution in [0.1, 0.15) is 52.9 Å². The summed E-state index contributed by atoms with van der Waals surface area (Å²) in [7, 11) is 0. The maximum Gasteiger partial charge on any atom is 0.241 e. The molecule has 5 rings (SSSR count). The number of amides is 2. The first-order valence-corrected chi connectivity index (χ1v) is 14.9. The van der Waals surface area contributed by atoms with Crippen molar-refractivity contribution in [2.75, 3.05) is 26.4 Å². The van der Waals surface area contributed by atoms with Crippen molar-refractivity contribution in [3.63, 3.8) is 0 Å². The van der Waals surface area contributed by atoms with Gasteiger partial charge in [0.15, 0.2) is 29.1 Å². The molecule has 238 valence electrons. The summed E-state index contributed by atoms with van der Waals surface area (Å²) >= 11 is 0. The zero-order valence-electron chi connectivity index (χ0n) is 24.7. The molecule has 1 aliphatic heterocycles. The van der Waals surface area contributed by atoms with E-state index in [4.69, 9.17) is 19.9 Å². The first-order valence-electron chi connectivity index (χ1n) is 14.9. The largest absolute Gasteiger partial charge is 0.390 e. The zero-order chi connectivity index (χ0) is 31.4. The van der Waals surface area contributed by atoms with Gasteiger partial charge < -0.3 is 35.7 Å². The molecule has 0 bridgehead atoms. The highest BCUT2D eigenvalue weighted by molar-refractivity contribution is 6.01. The van der Waals surface area contributed by atoms with Crippen LogP contribution in [0.2, 0.25) is 0 Å². The number of halogens is 2. The van der Waals surface area contributed by atoms with Crippen LogP contribution in [0.3, 0.4) is 0 Å². The van der Waals surface area contributed by atoms with E-state index in [2.05, 4.69) is 10.6 Å². The summed E-state index contributed by atoms with van der Waals surface area (Å²) in [5, 5.41) is 16.4. The molecule has 0 aromatic heterocycles. The van der Waals surface area contributed by atoms with Crippen molar-refractivity contribution in [1.82, 2.24) is 10.6 Å². The van der Waals surface area contributed by atoms with Gasteiger partial charge in [0.1, 0.15) is 19.5 Å². The number of carbonyl (C=O) groups is 4. The summed E-state index contributed by atoms with van der Waals surface area (Å²) in [6, 6.07) is 0. The third kappa shape index (κ3) is 4.70. The standard InChI is InChI=1S/C30H41F2N3O8/c1-4-5-26-42-23-10-17-18-9-20(31)19-8-16(36)6-7-27(19,2)29(18,32)21(37)11-28(17,3)30(23,43-26)22(38)14-41-15-35-25(40)13-34-24(39)12-33/h6-8,17-18,20-21,23,26,37H,4-5,9-15,33H2,1-3H3,(H,34,39)(H,35,40)/t17-,18-,20-,21-,23+,26?,27-,28-,29-,30+/m0/s1. The van der Waals surface area contributed by atoms with E-state index in [1.807, 2.05) is 6.92 Å². The molecule has 43 heavy (non-hydrogen) atoms. The number of nitrogens with two attached hydrogens (primary N) is 1. The van der Waals surface area contributed by atoms with E-state index in [0.717, 1.165) is 6.08 Å². The lowest BCUT2D eigenvalue weighted by molar-refractivity contribution is -0.235. The van der Waals surface area contributed by atoms with Crippen molar-refractivity contribution in [1.29, 1.82) is 0 Å². The maximum absolute atomic E-state index is 17.5.